The van der Waals surface area contributed by atoms with E-state index >= 15 is 0 Å². The Morgan fingerprint density at radius 1 is 1.30 bits per heavy atom. The van der Waals surface area contributed by atoms with Crippen molar-refractivity contribution in [1.82, 2.24) is 20.3 Å². The van der Waals surface area contributed by atoms with E-state index < -0.39 is 15.6 Å². The van der Waals surface area contributed by atoms with Crippen LogP contribution in [0, 0.1) is 0 Å². The van der Waals surface area contributed by atoms with Crippen LogP contribution in [0.2, 0.25) is 0 Å². The first-order valence-corrected chi connectivity index (χ1v) is 10.0. The Hall–Kier alpha value is -2.43. The van der Waals surface area contributed by atoms with Gasteiger partial charge < -0.3 is 20.2 Å². The Bertz CT molecular complexity index is 820. The molecule has 1 atom stereocenters. The molecule has 0 amide bonds. The van der Waals surface area contributed by atoms with Gasteiger partial charge in [0.25, 0.3) is 0 Å². The molecule has 10 heteroatoms. The molecule has 0 aliphatic heterocycles. The summed E-state index contributed by atoms with van der Waals surface area (Å²) in [5, 5.41) is 16.5. The number of aliphatic hydroxyl groups is 1. The van der Waals surface area contributed by atoms with Crippen LogP contribution in [-0.4, -0.2) is 50.6 Å². The first-order valence-electron chi connectivity index (χ1n) is 8.53. The van der Waals surface area contributed by atoms with Crippen LogP contribution in [0.15, 0.2) is 57.2 Å². The van der Waals surface area contributed by atoms with Gasteiger partial charge in [0.15, 0.2) is 5.96 Å². The second-order valence-electron chi connectivity index (χ2n) is 5.96. The lowest BCUT2D eigenvalue weighted by molar-refractivity contribution is 0.0437. The zero-order chi connectivity index (χ0) is 19.8. The number of nitrogens with one attached hydrogen (secondary N) is 3. The van der Waals surface area contributed by atoms with Gasteiger partial charge >= 0.3 is 0 Å². The van der Waals surface area contributed by atoms with Gasteiger partial charge in [-0.25, -0.2) is 18.1 Å². The summed E-state index contributed by atoms with van der Waals surface area (Å²) in [6, 6.07) is 6.42. The van der Waals surface area contributed by atoms with Crippen LogP contribution in [0.5, 0.6) is 0 Å². The van der Waals surface area contributed by atoms with E-state index in [1.165, 1.54) is 24.7 Å². The Morgan fingerprint density at radius 2 is 2.11 bits per heavy atom. The molecule has 1 unspecified atom stereocenters. The third-order valence-corrected chi connectivity index (χ3v) is 5.04. The topological polar surface area (TPSA) is 129 Å². The van der Waals surface area contributed by atoms with Crippen molar-refractivity contribution >= 4 is 16.0 Å². The van der Waals surface area contributed by atoms with Crippen molar-refractivity contribution in [2.75, 3.05) is 26.2 Å². The molecule has 0 saturated carbocycles. The lowest BCUT2D eigenvalue weighted by Crippen LogP contribution is -2.42. The smallest absolute Gasteiger partial charge is 0.242 e. The van der Waals surface area contributed by atoms with Crippen LogP contribution >= 0.6 is 0 Å². The summed E-state index contributed by atoms with van der Waals surface area (Å²) in [6.45, 7) is 4.70. The molecule has 148 valence electrons. The number of pyridine rings is 1. The zero-order valence-electron chi connectivity index (χ0n) is 15.3. The molecule has 2 heterocycles. The fraction of sp³-hybridized carbons (Fsp3) is 0.412. The molecule has 0 aliphatic rings. The summed E-state index contributed by atoms with van der Waals surface area (Å²) in [6.07, 6.45) is 4.29. The second kappa shape index (κ2) is 9.49. The molecular formula is C17H25N5O4S. The summed E-state index contributed by atoms with van der Waals surface area (Å²) in [5.41, 5.74) is -1.24. The lowest BCUT2D eigenvalue weighted by Gasteiger charge is -2.19. The summed E-state index contributed by atoms with van der Waals surface area (Å²) in [5.74, 6) is 0.885. The number of hydrogen-bond acceptors (Lipinski definition) is 6. The van der Waals surface area contributed by atoms with Gasteiger partial charge in [0.1, 0.15) is 16.3 Å². The zero-order valence-corrected chi connectivity index (χ0v) is 16.2. The van der Waals surface area contributed by atoms with E-state index in [4.69, 9.17) is 4.42 Å². The summed E-state index contributed by atoms with van der Waals surface area (Å²) >= 11 is 0. The number of furan rings is 1. The number of nitrogens with zero attached hydrogens (tertiary/aromatic N) is 2. The highest BCUT2D eigenvalue weighted by Crippen LogP contribution is 2.20. The van der Waals surface area contributed by atoms with Gasteiger partial charge in [-0.1, -0.05) is 0 Å². The maximum absolute atomic E-state index is 12.1. The highest BCUT2D eigenvalue weighted by Gasteiger charge is 2.26. The van der Waals surface area contributed by atoms with E-state index in [1.54, 1.807) is 25.1 Å². The normalized spacial score (nSPS) is 14.6. The van der Waals surface area contributed by atoms with Crippen LogP contribution in [-0.2, 0) is 15.6 Å². The van der Waals surface area contributed by atoms with E-state index in [9.17, 15) is 13.5 Å². The van der Waals surface area contributed by atoms with Gasteiger partial charge in [-0.15, -0.1) is 0 Å². The minimum Gasteiger partial charge on any atom is -0.466 e. The van der Waals surface area contributed by atoms with Crippen LogP contribution in [0.3, 0.4) is 0 Å². The van der Waals surface area contributed by atoms with Gasteiger partial charge in [-0.05, 0) is 38.1 Å². The Morgan fingerprint density at radius 3 is 2.74 bits per heavy atom. The van der Waals surface area contributed by atoms with Crippen molar-refractivity contribution in [3.8, 4) is 0 Å². The Balaban J connectivity index is 1.87. The summed E-state index contributed by atoms with van der Waals surface area (Å²) < 4.78 is 32.0. The number of guanidine groups is 1. The van der Waals surface area contributed by atoms with Crippen molar-refractivity contribution in [3.05, 3.63) is 48.7 Å². The third kappa shape index (κ3) is 6.35. The molecule has 0 aromatic carbocycles. The van der Waals surface area contributed by atoms with Crippen LogP contribution in [0.1, 0.15) is 19.6 Å². The molecule has 0 aliphatic carbocycles. The molecule has 4 N–H and O–H groups in total. The quantitative estimate of drug-likeness (QED) is 0.275. The molecule has 9 nitrogen and oxygen atoms in total. The first kappa shape index (κ1) is 20.9. The molecule has 0 fully saturated rings. The molecule has 0 radical (unpaired) electrons. The van der Waals surface area contributed by atoms with E-state index in [0.29, 0.717) is 24.8 Å². The van der Waals surface area contributed by atoms with Crippen LogP contribution in [0.25, 0.3) is 0 Å². The predicted octanol–water partition coefficient (Wildman–Crippen LogP) is 0.416. The largest absolute Gasteiger partial charge is 0.466 e. The van der Waals surface area contributed by atoms with Crippen LogP contribution < -0.4 is 15.4 Å². The van der Waals surface area contributed by atoms with Crippen molar-refractivity contribution in [2.24, 2.45) is 4.99 Å². The molecule has 2 aromatic heterocycles. The van der Waals surface area contributed by atoms with E-state index in [1.807, 2.05) is 6.92 Å². The maximum atomic E-state index is 12.1. The van der Waals surface area contributed by atoms with Crippen molar-refractivity contribution in [2.45, 2.75) is 24.3 Å². The number of aromatic nitrogens is 1. The average molecular weight is 395 g/mol. The van der Waals surface area contributed by atoms with E-state index in [-0.39, 0.29) is 18.0 Å². The monoisotopic (exact) mass is 395 g/mol. The number of sulfonamides is 1. The fourth-order valence-corrected chi connectivity index (χ4v) is 3.19. The van der Waals surface area contributed by atoms with E-state index in [2.05, 4.69) is 25.3 Å². The molecule has 0 bridgehead atoms. The predicted molar refractivity (Wildman–Crippen MR) is 102 cm³/mol. The fourth-order valence-electron chi connectivity index (χ4n) is 2.19. The molecular weight excluding hydrogens is 370 g/mol. The van der Waals surface area contributed by atoms with Gasteiger partial charge in [-0.3, -0.25) is 4.98 Å². The SMILES string of the molecule is CCNC(=NCC(C)(O)c1ccco1)NCCNS(=O)(=O)c1cccnc1. The Kier molecular flexibility index (Phi) is 7.34. The van der Waals surface area contributed by atoms with Gasteiger partial charge in [-0.2, -0.15) is 0 Å². The summed E-state index contributed by atoms with van der Waals surface area (Å²) in [7, 11) is -3.60. The number of rotatable bonds is 9. The van der Waals surface area contributed by atoms with Crippen LogP contribution in [0.4, 0.5) is 0 Å². The highest BCUT2D eigenvalue weighted by molar-refractivity contribution is 7.89. The molecule has 0 saturated heterocycles. The second-order valence-corrected chi connectivity index (χ2v) is 7.73. The minimum absolute atomic E-state index is 0.0806. The highest BCUT2D eigenvalue weighted by atomic mass is 32.2. The third-order valence-electron chi connectivity index (χ3n) is 3.60. The molecule has 27 heavy (non-hydrogen) atoms. The van der Waals surface area contributed by atoms with Crippen molar-refractivity contribution in [3.63, 3.8) is 0 Å². The molecule has 0 spiro atoms. The minimum atomic E-state index is -3.60. The molecule has 2 rings (SSSR count). The van der Waals surface area contributed by atoms with Crippen molar-refractivity contribution in [1.29, 1.82) is 0 Å². The average Bonchev–Trinajstić information content (AvgIpc) is 3.20. The Labute approximate surface area is 159 Å². The maximum Gasteiger partial charge on any atom is 0.242 e. The van der Waals surface area contributed by atoms with Gasteiger partial charge in [0.2, 0.25) is 10.0 Å². The number of hydrogen-bond donors (Lipinski definition) is 4. The van der Waals surface area contributed by atoms with Gasteiger partial charge in [0, 0.05) is 32.0 Å². The lowest BCUT2D eigenvalue weighted by atomic mass is 10.0. The van der Waals surface area contributed by atoms with Gasteiger partial charge in [0.05, 0.1) is 12.8 Å². The van der Waals surface area contributed by atoms with E-state index in [0.717, 1.165) is 0 Å². The molecule has 2 aromatic rings. The standard InChI is InChI=1S/C17H25N5O4S/c1-3-19-16(21-13-17(2,23)15-7-5-11-26-15)20-9-10-22-27(24,25)14-6-4-8-18-12-14/h4-8,11-12,22-23H,3,9-10,13H2,1-2H3,(H2,19,20,21). The summed E-state index contributed by atoms with van der Waals surface area (Å²) in [4.78, 5) is 8.25. The number of aliphatic imine (C=N–C) groups is 1. The van der Waals surface area contributed by atoms with Crippen molar-refractivity contribution < 1.29 is 17.9 Å². The first-order chi connectivity index (χ1) is 12.8.